The van der Waals surface area contributed by atoms with Gasteiger partial charge in [0.25, 0.3) is 11.8 Å². The van der Waals surface area contributed by atoms with Crippen LogP contribution in [-0.4, -0.2) is 28.8 Å². The summed E-state index contributed by atoms with van der Waals surface area (Å²) >= 11 is 1.32. The Labute approximate surface area is 216 Å². The minimum Gasteiger partial charge on any atom is -0.438 e. The van der Waals surface area contributed by atoms with Crippen LogP contribution in [0.25, 0.3) is 0 Å². The fraction of sp³-hybridized carbons (Fsp3) is 0.107. The molecule has 0 aliphatic carbocycles. The van der Waals surface area contributed by atoms with Crippen LogP contribution in [0.3, 0.4) is 0 Å². The van der Waals surface area contributed by atoms with Crippen molar-refractivity contribution in [3.8, 4) is 0 Å². The maximum absolute atomic E-state index is 13.5. The first-order chi connectivity index (χ1) is 18.0. The molecule has 9 heteroatoms. The molecule has 1 aromatic heterocycles. The van der Waals surface area contributed by atoms with Crippen molar-refractivity contribution in [2.45, 2.75) is 18.7 Å². The number of thiophene rings is 1. The summed E-state index contributed by atoms with van der Waals surface area (Å²) in [5.41, 5.74) is 2.27. The third-order valence-corrected chi connectivity index (χ3v) is 6.75. The van der Waals surface area contributed by atoms with Gasteiger partial charge in [0, 0.05) is 11.4 Å². The summed E-state index contributed by atoms with van der Waals surface area (Å²) < 4.78 is 19.1. The van der Waals surface area contributed by atoms with Crippen LogP contribution in [0, 0.1) is 5.82 Å². The quantitative estimate of drug-likeness (QED) is 0.324. The Hall–Kier alpha value is -4.50. The van der Waals surface area contributed by atoms with Crippen LogP contribution in [0.4, 0.5) is 20.6 Å². The van der Waals surface area contributed by atoms with Gasteiger partial charge in [-0.15, -0.1) is 11.3 Å². The lowest BCUT2D eigenvalue weighted by Gasteiger charge is -2.24. The minimum absolute atomic E-state index is 0.159. The van der Waals surface area contributed by atoms with Crippen LogP contribution in [0.2, 0.25) is 0 Å². The highest BCUT2D eigenvalue weighted by Crippen LogP contribution is 2.35. The average Bonchev–Trinajstić information content (AvgIpc) is 3.55. The second-order valence-electron chi connectivity index (χ2n) is 8.42. The minimum atomic E-state index is -1.01. The Bertz CT molecular complexity index is 1410. The van der Waals surface area contributed by atoms with Gasteiger partial charge in [-0.3, -0.25) is 14.5 Å². The van der Waals surface area contributed by atoms with Crippen molar-refractivity contribution >= 4 is 40.6 Å². The maximum atomic E-state index is 13.5. The number of carbonyl (C=O) groups is 3. The Kier molecular flexibility index (Phi) is 6.96. The van der Waals surface area contributed by atoms with E-state index in [0.717, 1.165) is 5.56 Å². The molecule has 0 saturated carbocycles. The highest BCUT2D eigenvalue weighted by Gasteiger charge is 2.47. The molecule has 1 aliphatic rings. The van der Waals surface area contributed by atoms with E-state index in [0.29, 0.717) is 21.8 Å². The van der Waals surface area contributed by atoms with E-state index in [1.807, 2.05) is 35.7 Å². The van der Waals surface area contributed by atoms with Crippen LogP contribution in [0.5, 0.6) is 0 Å². The zero-order valence-electron chi connectivity index (χ0n) is 19.5. The van der Waals surface area contributed by atoms with E-state index in [1.54, 1.807) is 36.4 Å². The first kappa shape index (κ1) is 24.2. The monoisotopic (exact) mass is 515 g/mol. The third-order valence-electron chi connectivity index (χ3n) is 5.88. The molecule has 2 heterocycles. The van der Waals surface area contributed by atoms with E-state index in [4.69, 9.17) is 4.74 Å². The molecule has 1 saturated heterocycles. The molecule has 1 fully saturated rings. The molecule has 0 spiro atoms. The van der Waals surface area contributed by atoms with Crippen LogP contribution < -0.4 is 10.6 Å². The van der Waals surface area contributed by atoms with Gasteiger partial charge < -0.3 is 15.4 Å². The smallest absolute Gasteiger partial charge is 0.411 e. The zero-order valence-corrected chi connectivity index (χ0v) is 20.3. The molecule has 186 valence electrons. The number of amides is 3. The van der Waals surface area contributed by atoms with E-state index in [-0.39, 0.29) is 12.5 Å². The molecule has 4 aromatic rings. The van der Waals surface area contributed by atoms with Crippen LogP contribution in [-0.2, 0) is 16.1 Å². The number of benzene rings is 3. The lowest BCUT2D eigenvalue weighted by Crippen LogP contribution is -2.43. The van der Waals surface area contributed by atoms with Crippen LogP contribution >= 0.6 is 11.3 Å². The number of hydrogen-bond donors (Lipinski definition) is 2. The summed E-state index contributed by atoms with van der Waals surface area (Å²) in [7, 11) is 0. The first-order valence-corrected chi connectivity index (χ1v) is 12.4. The predicted molar refractivity (Wildman–Crippen MR) is 139 cm³/mol. The Morgan fingerprint density at radius 1 is 0.892 bits per heavy atom. The molecule has 2 unspecified atom stereocenters. The van der Waals surface area contributed by atoms with Gasteiger partial charge in [0.15, 0.2) is 12.1 Å². The molecule has 3 amide bonds. The normalized spacial score (nSPS) is 16.8. The second kappa shape index (κ2) is 10.6. The van der Waals surface area contributed by atoms with Crippen molar-refractivity contribution < 1.29 is 23.5 Å². The molecule has 7 nitrogen and oxygen atoms in total. The Balaban J connectivity index is 1.44. The molecule has 3 aromatic carbocycles. The number of carbonyl (C=O) groups excluding carboxylic acids is 3. The Morgan fingerprint density at radius 3 is 2.41 bits per heavy atom. The van der Waals surface area contributed by atoms with Gasteiger partial charge >= 0.3 is 6.09 Å². The van der Waals surface area contributed by atoms with Gasteiger partial charge in [-0.25, -0.2) is 9.18 Å². The van der Waals surface area contributed by atoms with Gasteiger partial charge in [-0.1, -0.05) is 48.5 Å². The lowest BCUT2D eigenvalue weighted by molar-refractivity contribution is -0.121. The van der Waals surface area contributed by atoms with Crippen molar-refractivity contribution in [2.24, 2.45) is 0 Å². The highest BCUT2D eigenvalue weighted by atomic mass is 32.1. The summed E-state index contributed by atoms with van der Waals surface area (Å²) in [6, 6.07) is 24.0. The van der Waals surface area contributed by atoms with E-state index in [9.17, 15) is 18.8 Å². The summed E-state index contributed by atoms with van der Waals surface area (Å²) in [5.74, 6) is -1.17. The lowest BCUT2D eigenvalue weighted by atomic mass is 10.00. The fourth-order valence-electron chi connectivity index (χ4n) is 4.13. The van der Waals surface area contributed by atoms with E-state index in [1.165, 1.54) is 40.5 Å². The van der Waals surface area contributed by atoms with Crippen molar-refractivity contribution in [2.75, 3.05) is 10.6 Å². The number of rotatable bonds is 7. The molecule has 0 bridgehead atoms. The summed E-state index contributed by atoms with van der Waals surface area (Å²) in [5, 5.41) is 7.42. The number of anilines is 2. The maximum Gasteiger partial charge on any atom is 0.411 e. The summed E-state index contributed by atoms with van der Waals surface area (Å²) in [6.45, 7) is 0.159. The second-order valence-corrected chi connectivity index (χ2v) is 9.36. The third kappa shape index (κ3) is 5.52. The van der Waals surface area contributed by atoms with Gasteiger partial charge in [-0.05, 0) is 59.0 Å². The number of nitrogens with zero attached hydrogens (tertiary/aromatic N) is 1. The number of ether oxygens (including phenoxy) is 1. The standard InChI is InChI=1S/C28H22FN3O4S/c29-20-11-13-21(14-12-20)30-27(34)24-25(36-28(35)32(24)17-18-6-2-1-3-7-18)19-8-4-9-22(16-19)31-26(33)23-10-5-15-37-23/h1-16,24-25H,17H2,(H,30,34)(H,31,33). The SMILES string of the molecule is O=C(Nc1cccc(C2OC(=O)N(Cc3ccccc3)C2C(=O)Nc2ccc(F)cc2)c1)c1cccs1. The van der Waals surface area contributed by atoms with Gasteiger partial charge in [0.2, 0.25) is 0 Å². The number of hydrogen-bond acceptors (Lipinski definition) is 5. The topological polar surface area (TPSA) is 87.7 Å². The van der Waals surface area contributed by atoms with Crippen molar-refractivity contribution in [3.05, 3.63) is 118 Å². The molecule has 2 atom stereocenters. The highest BCUT2D eigenvalue weighted by molar-refractivity contribution is 7.12. The Morgan fingerprint density at radius 2 is 1.68 bits per heavy atom. The molecule has 1 aliphatic heterocycles. The molecule has 37 heavy (non-hydrogen) atoms. The first-order valence-electron chi connectivity index (χ1n) is 11.5. The fourth-order valence-corrected chi connectivity index (χ4v) is 4.75. The van der Waals surface area contributed by atoms with E-state index >= 15 is 0 Å². The van der Waals surface area contributed by atoms with Gasteiger partial charge in [0.1, 0.15) is 5.82 Å². The van der Waals surface area contributed by atoms with Crippen LogP contribution in [0.1, 0.15) is 26.9 Å². The zero-order chi connectivity index (χ0) is 25.8. The summed E-state index contributed by atoms with van der Waals surface area (Å²) in [6.07, 6.45) is -1.57. The molecular weight excluding hydrogens is 493 g/mol. The summed E-state index contributed by atoms with van der Waals surface area (Å²) in [4.78, 5) is 41.0. The number of nitrogens with one attached hydrogen (secondary N) is 2. The number of halogens is 1. The molecule has 5 rings (SSSR count). The van der Waals surface area contributed by atoms with Crippen molar-refractivity contribution in [3.63, 3.8) is 0 Å². The largest absolute Gasteiger partial charge is 0.438 e. The average molecular weight is 516 g/mol. The van der Waals surface area contributed by atoms with Gasteiger partial charge in [-0.2, -0.15) is 0 Å². The van der Waals surface area contributed by atoms with Crippen LogP contribution in [0.15, 0.2) is 96.4 Å². The molecule has 2 N–H and O–H groups in total. The van der Waals surface area contributed by atoms with E-state index < -0.39 is 30.0 Å². The van der Waals surface area contributed by atoms with Crippen molar-refractivity contribution in [1.82, 2.24) is 4.90 Å². The molecule has 0 radical (unpaired) electrons. The molecular formula is C28H22FN3O4S. The predicted octanol–water partition coefficient (Wildman–Crippen LogP) is 5.84. The van der Waals surface area contributed by atoms with E-state index in [2.05, 4.69) is 10.6 Å². The van der Waals surface area contributed by atoms with Gasteiger partial charge in [0.05, 0.1) is 11.4 Å². The number of cyclic esters (lactones) is 1. The van der Waals surface area contributed by atoms with Crippen molar-refractivity contribution in [1.29, 1.82) is 0 Å².